The number of carbonyl (C=O) groups excluding carboxylic acids is 1. The van der Waals surface area contributed by atoms with Crippen LogP contribution in [-0.2, 0) is 29.0 Å². The highest BCUT2D eigenvalue weighted by Crippen LogP contribution is 2.41. The number of ether oxygens (including phenoxy) is 3. The van der Waals surface area contributed by atoms with Gasteiger partial charge >= 0.3 is 0 Å². The molecule has 0 spiro atoms. The molecule has 2 aromatic carbocycles. The summed E-state index contributed by atoms with van der Waals surface area (Å²) in [6.07, 6.45) is 1.65. The molecule has 5 nitrogen and oxygen atoms in total. The van der Waals surface area contributed by atoms with Crippen LogP contribution in [0.5, 0.6) is 11.5 Å². The fraction of sp³-hybridized carbons (Fsp3) is 0.409. The first-order valence-electron chi connectivity index (χ1n) is 9.39. The van der Waals surface area contributed by atoms with Crippen molar-refractivity contribution in [3.8, 4) is 11.5 Å². The van der Waals surface area contributed by atoms with Crippen LogP contribution in [0.4, 0.5) is 0 Å². The lowest BCUT2D eigenvalue weighted by Gasteiger charge is -2.25. The van der Waals surface area contributed by atoms with Crippen LogP contribution in [0.2, 0.25) is 0 Å². The van der Waals surface area contributed by atoms with Crippen LogP contribution in [0.25, 0.3) is 0 Å². The molecule has 2 aromatic rings. The van der Waals surface area contributed by atoms with E-state index < -0.39 is 0 Å². The van der Waals surface area contributed by atoms with E-state index in [2.05, 4.69) is 17.4 Å². The second kappa shape index (κ2) is 7.24. The maximum absolute atomic E-state index is 12.2. The van der Waals surface area contributed by atoms with Gasteiger partial charge in [0.15, 0.2) is 18.1 Å². The molecule has 1 N–H and O–H groups in total. The Hall–Kier alpha value is -2.53. The number of para-hydroxylation sites is 1. The Morgan fingerprint density at radius 1 is 1.15 bits per heavy atom. The zero-order valence-corrected chi connectivity index (χ0v) is 15.8. The van der Waals surface area contributed by atoms with E-state index in [1.807, 2.05) is 44.2 Å². The molecule has 1 amide bonds. The molecular formula is C22H25NO4. The van der Waals surface area contributed by atoms with Crippen molar-refractivity contribution in [1.82, 2.24) is 5.32 Å². The molecule has 27 heavy (non-hydrogen) atoms. The van der Waals surface area contributed by atoms with Gasteiger partial charge in [-0.15, -0.1) is 0 Å². The summed E-state index contributed by atoms with van der Waals surface area (Å²) in [6, 6.07) is 14.1. The normalized spacial score (nSPS) is 19.6. The highest BCUT2D eigenvalue weighted by molar-refractivity contribution is 5.77. The molecule has 2 heterocycles. The van der Waals surface area contributed by atoms with Crippen LogP contribution < -0.4 is 14.8 Å². The summed E-state index contributed by atoms with van der Waals surface area (Å²) in [5.74, 6) is 1.21. The van der Waals surface area contributed by atoms with Crippen molar-refractivity contribution in [3.05, 3.63) is 59.2 Å². The number of carbonyl (C=O) groups is 1. The van der Waals surface area contributed by atoms with Gasteiger partial charge in [-0.05, 0) is 31.0 Å². The van der Waals surface area contributed by atoms with Crippen molar-refractivity contribution in [3.63, 3.8) is 0 Å². The van der Waals surface area contributed by atoms with Crippen molar-refractivity contribution in [2.45, 2.75) is 45.0 Å². The lowest BCUT2D eigenvalue weighted by Crippen LogP contribution is -2.38. The average Bonchev–Trinajstić information content (AvgIpc) is 2.99. The smallest absolute Gasteiger partial charge is 0.258 e. The molecule has 0 saturated heterocycles. The van der Waals surface area contributed by atoms with Gasteiger partial charge in [0.05, 0.1) is 12.7 Å². The van der Waals surface area contributed by atoms with Crippen LogP contribution >= 0.6 is 0 Å². The van der Waals surface area contributed by atoms with Gasteiger partial charge in [-0.25, -0.2) is 0 Å². The minimum atomic E-state index is -0.237. The van der Waals surface area contributed by atoms with Gasteiger partial charge in [-0.3, -0.25) is 4.79 Å². The summed E-state index contributed by atoms with van der Waals surface area (Å²) >= 11 is 0. The molecule has 0 saturated carbocycles. The van der Waals surface area contributed by atoms with Crippen molar-refractivity contribution in [2.75, 3.05) is 13.2 Å². The summed E-state index contributed by atoms with van der Waals surface area (Å²) in [4.78, 5) is 12.2. The van der Waals surface area contributed by atoms with Gasteiger partial charge in [-0.1, -0.05) is 36.4 Å². The number of hydrogen-bond acceptors (Lipinski definition) is 4. The minimum absolute atomic E-state index is 0.00560. The Morgan fingerprint density at radius 2 is 1.93 bits per heavy atom. The number of rotatable bonds is 5. The molecule has 0 radical (unpaired) electrons. The summed E-state index contributed by atoms with van der Waals surface area (Å²) in [5.41, 5.74) is 3.40. The largest absolute Gasteiger partial charge is 0.483 e. The summed E-state index contributed by atoms with van der Waals surface area (Å²) in [7, 11) is 0. The standard InChI is InChI=1S/C22H25NO4/c1-22(2)11-16-8-5-9-19(21(16)27-22)26-14-20(24)23-12-18-10-15-6-3-4-7-17(15)13-25-18/h3-9,18H,10-14H2,1-2H3,(H,23,24). The SMILES string of the molecule is CC1(C)Cc2cccc(OCC(=O)NCC3Cc4ccccc4CO3)c2O1. The van der Waals surface area contributed by atoms with Crippen LogP contribution in [-0.4, -0.2) is 30.8 Å². The van der Waals surface area contributed by atoms with E-state index in [0.29, 0.717) is 18.9 Å². The van der Waals surface area contributed by atoms with Crippen molar-refractivity contribution in [1.29, 1.82) is 0 Å². The Labute approximate surface area is 159 Å². The third-order valence-electron chi connectivity index (χ3n) is 4.98. The van der Waals surface area contributed by atoms with Gasteiger partial charge in [0.2, 0.25) is 0 Å². The molecule has 0 fully saturated rings. The highest BCUT2D eigenvalue weighted by atomic mass is 16.5. The van der Waals surface area contributed by atoms with Gasteiger partial charge in [0.25, 0.3) is 5.91 Å². The van der Waals surface area contributed by atoms with Gasteiger partial charge in [0, 0.05) is 24.9 Å². The van der Waals surface area contributed by atoms with Crippen LogP contribution in [0.1, 0.15) is 30.5 Å². The number of nitrogens with one attached hydrogen (secondary N) is 1. The maximum Gasteiger partial charge on any atom is 0.258 e. The number of amides is 1. The molecule has 1 atom stereocenters. The molecular weight excluding hydrogens is 342 g/mol. The van der Waals surface area contributed by atoms with E-state index in [1.54, 1.807) is 0 Å². The van der Waals surface area contributed by atoms with Crippen LogP contribution in [0.3, 0.4) is 0 Å². The summed E-state index contributed by atoms with van der Waals surface area (Å²) in [5, 5.41) is 2.91. The van der Waals surface area contributed by atoms with E-state index >= 15 is 0 Å². The Balaban J connectivity index is 1.28. The monoisotopic (exact) mass is 367 g/mol. The topological polar surface area (TPSA) is 56.8 Å². The Kier molecular flexibility index (Phi) is 4.79. The Bertz CT molecular complexity index is 846. The predicted octanol–water partition coefficient (Wildman–Crippen LogP) is 3.04. The quantitative estimate of drug-likeness (QED) is 0.883. The first-order valence-corrected chi connectivity index (χ1v) is 9.39. The zero-order valence-electron chi connectivity index (χ0n) is 15.8. The third-order valence-corrected chi connectivity index (χ3v) is 4.98. The van der Waals surface area contributed by atoms with Crippen molar-refractivity contribution in [2.24, 2.45) is 0 Å². The maximum atomic E-state index is 12.2. The number of fused-ring (bicyclic) bond motifs is 2. The predicted molar refractivity (Wildman–Crippen MR) is 102 cm³/mol. The lowest BCUT2D eigenvalue weighted by molar-refractivity contribution is -0.123. The Morgan fingerprint density at radius 3 is 2.78 bits per heavy atom. The van der Waals surface area contributed by atoms with Crippen LogP contribution in [0.15, 0.2) is 42.5 Å². The minimum Gasteiger partial charge on any atom is -0.483 e. The molecule has 0 bridgehead atoms. The summed E-state index contributed by atoms with van der Waals surface area (Å²) < 4.78 is 17.5. The molecule has 2 aliphatic heterocycles. The molecule has 4 rings (SSSR count). The van der Waals surface area contributed by atoms with Gasteiger partial charge < -0.3 is 19.5 Å². The van der Waals surface area contributed by atoms with E-state index in [1.165, 1.54) is 11.1 Å². The van der Waals surface area contributed by atoms with Crippen LogP contribution in [0, 0.1) is 0 Å². The molecule has 2 aliphatic rings. The second-order valence-electron chi connectivity index (χ2n) is 7.78. The fourth-order valence-electron chi connectivity index (χ4n) is 3.66. The second-order valence-corrected chi connectivity index (χ2v) is 7.78. The average molecular weight is 367 g/mol. The van der Waals surface area contributed by atoms with E-state index in [4.69, 9.17) is 14.2 Å². The first kappa shape index (κ1) is 17.9. The molecule has 1 unspecified atom stereocenters. The number of hydrogen-bond donors (Lipinski definition) is 1. The molecule has 5 heteroatoms. The highest BCUT2D eigenvalue weighted by Gasteiger charge is 2.32. The van der Waals surface area contributed by atoms with Gasteiger partial charge in [0.1, 0.15) is 5.60 Å². The van der Waals surface area contributed by atoms with E-state index in [9.17, 15) is 4.79 Å². The zero-order chi connectivity index (χ0) is 18.9. The fourth-order valence-corrected chi connectivity index (χ4v) is 3.66. The van der Waals surface area contributed by atoms with Crippen molar-refractivity contribution >= 4 is 5.91 Å². The first-order chi connectivity index (χ1) is 13.0. The van der Waals surface area contributed by atoms with E-state index in [-0.39, 0.29) is 24.2 Å². The summed E-state index contributed by atoms with van der Waals surface area (Å²) in [6.45, 7) is 5.13. The molecule has 0 aromatic heterocycles. The molecule has 142 valence electrons. The van der Waals surface area contributed by atoms with E-state index in [0.717, 1.165) is 24.2 Å². The van der Waals surface area contributed by atoms with Gasteiger partial charge in [-0.2, -0.15) is 0 Å². The molecule has 0 aliphatic carbocycles. The van der Waals surface area contributed by atoms with Crippen molar-refractivity contribution < 1.29 is 19.0 Å². The number of benzene rings is 2. The third kappa shape index (κ3) is 4.08. The lowest BCUT2D eigenvalue weighted by atomic mass is 9.99.